The van der Waals surface area contributed by atoms with Crippen LogP contribution in [-0.4, -0.2) is 47.5 Å². The van der Waals surface area contributed by atoms with E-state index >= 15 is 0 Å². The fourth-order valence-electron chi connectivity index (χ4n) is 2.93. The first-order valence-electron chi connectivity index (χ1n) is 6.87. The van der Waals surface area contributed by atoms with E-state index in [-0.39, 0.29) is 0 Å². The Hall–Kier alpha value is -1.10. The zero-order valence-electron chi connectivity index (χ0n) is 11.2. The molecule has 1 aliphatic carbocycles. The third kappa shape index (κ3) is 2.61. The molecule has 1 aromatic rings. The van der Waals surface area contributed by atoms with E-state index in [0.29, 0.717) is 25.6 Å². The van der Waals surface area contributed by atoms with Crippen LogP contribution in [0, 0.1) is 5.92 Å². The Morgan fingerprint density at radius 3 is 2.79 bits per heavy atom. The fraction of sp³-hybridized carbons (Fsp3) is 0.600. The van der Waals surface area contributed by atoms with Gasteiger partial charge in [-0.2, -0.15) is 0 Å². The molecule has 0 amide bonds. The van der Waals surface area contributed by atoms with Gasteiger partial charge in [0.1, 0.15) is 5.75 Å². The van der Waals surface area contributed by atoms with Crippen LogP contribution in [-0.2, 0) is 0 Å². The number of benzene rings is 1. The SMILES string of the molecule is COc1cccc(C(O)CN2CC(O)(C3CC3)C2)c1. The highest BCUT2D eigenvalue weighted by molar-refractivity contribution is 5.30. The van der Waals surface area contributed by atoms with Crippen molar-refractivity contribution in [3.8, 4) is 5.75 Å². The molecule has 4 nitrogen and oxygen atoms in total. The minimum atomic E-state index is -0.529. The molecule has 1 heterocycles. The number of aliphatic hydroxyl groups is 2. The normalized spacial score (nSPS) is 23.7. The summed E-state index contributed by atoms with van der Waals surface area (Å²) < 4.78 is 5.16. The van der Waals surface area contributed by atoms with Crippen LogP contribution in [0.3, 0.4) is 0 Å². The van der Waals surface area contributed by atoms with Gasteiger partial charge in [0.15, 0.2) is 0 Å². The van der Waals surface area contributed by atoms with Crippen molar-refractivity contribution in [2.75, 3.05) is 26.7 Å². The van der Waals surface area contributed by atoms with Gasteiger partial charge in [-0.15, -0.1) is 0 Å². The summed E-state index contributed by atoms with van der Waals surface area (Å²) in [5.74, 6) is 1.26. The predicted molar refractivity (Wildman–Crippen MR) is 72.1 cm³/mol. The van der Waals surface area contributed by atoms with Gasteiger partial charge < -0.3 is 14.9 Å². The van der Waals surface area contributed by atoms with E-state index in [1.54, 1.807) is 7.11 Å². The molecule has 1 saturated heterocycles. The zero-order valence-corrected chi connectivity index (χ0v) is 11.2. The van der Waals surface area contributed by atoms with E-state index in [4.69, 9.17) is 4.74 Å². The summed E-state index contributed by atoms with van der Waals surface area (Å²) in [6.07, 6.45) is 1.78. The second-order valence-corrected chi connectivity index (χ2v) is 5.84. The Kier molecular flexibility index (Phi) is 3.25. The third-order valence-corrected chi connectivity index (χ3v) is 4.24. The largest absolute Gasteiger partial charge is 0.497 e. The molecule has 1 unspecified atom stereocenters. The van der Waals surface area contributed by atoms with Crippen molar-refractivity contribution >= 4 is 0 Å². The molecule has 2 fully saturated rings. The van der Waals surface area contributed by atoms with Gasteiger partial charge in [-0.25, -0.2) is 0 Å². The number of hydrogen-bond donors (Lipinski definition) is 2. The summed E-state index contributed by atoms with van der Waals surface area (Å²) in [5.41, 5.74) is 0.384. The fourth-order valence-corrected chi connectivity index (χ4v) is 2.93. The molecule has 1 aromatic carbocycles. The highest BCUT2D eigenvalue weighted by Gasteiger charge is 2.51. The van der Waals surface area contributed by atoms with Crippen LogP contribution in [0.4, 0.5) is 0 Å². The van der Waals surface area contributed by atoms with Crippen LogP contribution in [0.1, 0.15) is 24.5 Å². The van der Waals surface area contributed by atoms with Gasteiger partial charge in [0, 0.05) is 19.6 Å². The van der Waals surface area contributed by atoms with E-state index in [1.807, 2.05) is 24.3 Å². The summed E-state index contributed by atoms with van der Waals surface area (Å²) in [5, 5.41) is 20.5. The summed E-state index contributed by atoms with van der Waals surface area (Å²) in [6.45, 7) is 1.96. The molecule has 3 rings (SSSR count). The molecule has 0 radical (unpaired) electrons. The monoisotopic (exact) mass is 263 g/mol. The van der Waals surface area contributed by atoms with Gasteiger partial charge >= 0.3 is 0 Å². The van der Waals surface area contributed by atoms with E-state index in [2.05, 4.69) is 4.90 Å². The quantitative estimate of drug-likeness (QED) is 0.838. The van der Waals surface area contributed by atoms with E-state index in [0.717, 1.165) is 24.2 Å². The first-order valence-corrected chi connectivity index (χ1v) is 6.87. The van der Waals surface area contributed by atoms with Gasteiger partial charge in [0.2, 0.25) is 0 Å². The molecule has 1 saturated carbocycles. The maximum atomic E-state index is 10.2. The second-order valence-electron chi connectivity index (χ2n) is 5.84. The minimum absolute atomic E-state index is 0.478. The van der Waals surface area contributed by atoms with Crippen molar-refractivity contribution in [2.45, 2.75) is 24.5 Å². The lowest BCUT2D eigenvalue weighted by atomic mass is 9.88. The molecule has 2 N–H and O–H groups in total. The van der Waals surface area contributed by atoms with Crippen molar-refractivity contribution < 1.29 is 14.9 Å². The third-order valence-electron chi connectivity index (χ3n) is 4.24. The smallest absolute Gasteiger partial charge is 0.119 e. The second kappa shape index (κ2) is 4.78. The topological polar surface area (TPSA) is 52.9 Å². The number of β-amino-alcohol motifs (C(OH)–C–C–N with tert-alkyl or cyclic N) is 2. The van der Waals surface area contributed by atoms with Crippen molar-refractivity contribution in [1.29, 1.82) is 0 Å². The molecular formula is C15H21NO3. The Morgan fingerprint density at radius 2 is 2.16 bits per heavy atom. The van der Waals surface area contributed by atoms with Crippen LogP contribution in [0.25, 0.3) is 0 Å². The van der Waals surface area contributed by atoms with Crippen LogP contribution >= 0.6 is 0 Å². The zero-order chi connectivity index (χ0) is 13.5. The standard InChI is InChI=1S/C15H21NO3/c1-19-13-4-2-3-11(7-13)14(17)8-16-9-15(18,10-16)12-5-6-12/h2-4,7,12,14,17-18H,5-6,8-10H2,1H3. The molecule has 2 aliphatic rings. The number of nitrogens with zero attached hydrogens (tertiary/aromatic N) is 1. The molecule has 104 valence electrons. The van der Waals surface area contributed by atoms with E-state index in [1.165, 1.54) is 0 Å². The molecule has 0 spiro atoms. The van der Waals surface area contributed by atoms with Crippen molar-refractivity contribution in [3.05, 3.63) is 29.8 Å². The summed E-state index contributed by atoms with van der Waals surface area (Å²) in [7, 11) is 1.62. The number of methoxy groups -OCH3 is 1. The highest BCUT2D eigenvalue weighted by atomic mass is 16.5. The molecule has 0 aromatic heterocycles. The number of aliphatic hydroxyl groups excluding tert-OH is 1. The molecule has 1 atom stereocenters. The van der Waals surface area contributed by atoms with E-state index in [9.17, 15) is 10.2 Å². The van der Waals surface area contributed by atoms with Gasteiger partial charge in [0.25, 0.3) is 0 Å². The molecule has 0 bridgehead atoms. The number of hydrogen-bond acceptors (Lipinski definition) is 4. The highest BCUT2D eigenvalue weighted by Crippen LogP contribution is 2.44. The molecule has 19 heavy (non-hydrogen) atoms. The summed E-state index contributed by atoms with van der Waals surface area (Å²) in [4.78, 5) is 2.11. The van der Waals surface area contributed by atoms with Gasteiger partial charge in [0.05, 0.1) is 18.8 Å². The molecular weight excluding hydrogens is 242 g/mol. The number of likely N-dealkylation sites (tertiary alicyclic amines) is 1. The Morgan fingerprint density at radius 1 is 1.42 bits per heavy atom. The average Bonchev–Trinajstić information content (AvgIpc) is 3.21. The lowest BCUT2D eigenvalue weighted by Gasteiger charge is -2.47. The first kappa shape index (κ1) is 12.9. The minimum Gasteiger partial charge on any atom is -0.497 e. The van der Waals surface area contributed by atoms with Gasteiger partial charge in [-0.05, 0) is 36.5 Å². The van der Waals surface area contributed by atoms with Crippen molar-refractivity contribution in [3.63, 3.8) is 0 Å². The average molecular weight is 263 g/mol. The number of ether oxygens (including phenoxy) is 1. The van der Waals surface area contributed by atoms with Gasteiger partial charge in [-0.1, -0.05) is 12.1 Å². The maximum Gasteiger partial charge on any atom is 0.119 e. The van der Waals surface area contributed by atoms with Crippen LogP contribution in [0.5, 0.6) is 5.75 Å². The Bertz CT molecular complexity index is 452. The molecule has 4 heteroatoms. The van der Waals surface area contributed by atoms with Crippen LogP contribution in [0.15, 0.2) is 24.3 Å². The van der Waals surface area contributed by atoms with Crippen LogP contribution in [0.2, 0.25) is 0 Å². The van der Waals surface area contributed by atoms with Crippen molar-refractivity contribution in [1.82, 2.24) is 4.90 Å². The Labute approximate surface area is 113 Å². The Balaban J connectivity index is 1.55. The lowest BCUT2D eigenvalue weighted by molar-refractivity contribution is -0.122. The number of rotatable bonds is 5. The predicted octanol–water partition coefficient (Wildman–Crippen LogP) is 1.19. The van der Waals surface area contributed by atoms with Crippen LogP contribution < -0.4 is 4.74 Å². The maximum absolute atomic E-state index is 10.2. The van der Waals surface area contributed by atoms with E-state index < -0.39 is 11.7 Å². The molecule has 1 aliphatic heterocycles. The first-order chi connectivity index (χ1) is 9.10. The lowest BCUT2D eigenvalue weighted by Crippen LogP contribution is -2.63. The van der Waals surface area contributed by atoms with Gasteiger partial charge in [-0.3, -0.25) is 4.90 Å². The van der Waals surface area contributed by atoms with Crippen molar-refractivity contribution in [2.24, 2.45) is 5.92 Å². The summed E-state index contributed by atoms with van der Waals surface area (Å²) in [6, 6.07) is 7.51. The summed E-state index contributed by atoms with van der Waals surface area (Å²) >= 11 is 0.